The Morgan fingerprint density at radius 1 is 1.38 bits per heavy atom. The van der Waals surface area contributed by atoms with Crippen LogP contribution in [0.2, 0.25) is 0 Å². The molecule has 0 bridgehead atoms. The number of benzene rings is 1. The van der Waals surface area contributed by atoms with Gasteiger partial charge >= 0.3 is 5.97 Å². The molecule has 3 rings (SSSR count). The zero-order valence-corrected chi connectivity index (χ0v) is 11.8. The molecule has 0 aliphatic heterocycles. The minimum atomic E-state index is -0.373. The Labute approximate surface area is 122 Å². The zero-order valence-electron chi connectivity index (χ0n) is 11.0. The van der Waals surface area contributed by atoms with Gasteiger partial charge in [0.05, 0.1) is 23.8 Å². The molecule has 0 aliphatic carbocycles. The maximum absolute atomic E-state index is 12.1. The highest BCUT2D eigenvalue weighted by Gasteiger charge is 2.16. The number of nitrogen functional groups attached to an aromatic ring is 1. The van der Waals surface area contributed by atoms with Gasteiger partial charge < -0.3 is 10.6 Å². The predicted molar refractivity (Wildman–Crippen MR) is 77.6 cm³/mol. The van der Waals surface area contributed by atoms with Gasteiger partial charge in [-0.3, -0.25) is 14.0 Å². The average Bonchev–Trinajstić information content (AvgIpc) is 2.94. The fourth-order valence-corrected chi connectivity index (χ4v) is 2.75. The van der Waals surface area contributed by atoms with Crippen molar-refractivity contribution in [3.63, 3.8) is 0 Å². The lowest BCUT2D eigenvalue weighted by Gasteiger charge is -2.06. The van der Waals surface area contributed by atoms with Crippen molar-refractivity contribution in [1.29, 1.82) is 0 Å². The Hall–Kier alpha value is -2.55. The van der Waals surface area contributed by atoms with Crippen LogP contribution in [0.4, 0.5) is 0 Å². The Bertz CT molecular complexity index is 901. The number of nitrogens with two attached hydrogens (primary N) is 1. The number of thioether (sulfide) groups is 1. The largest absolute Gasteiger partial charge is 0.468 e. The van der Waals surface area contributed by atoms with Gasteiger partial charge in [0.15, 0.2) is 5.16 Å². The Kier molecular flexibility index (Phi) is 3.26. The van der Waals surface area contributed by atoms with E-state index in [1.54, 1.807) is 28.7 Å². The first-order valence-corrected chi connectivity index (χ1v) is 6.95. The molecule has 0 saturated heterocycles. The third kappa shape index (κ3) is 2.11. The van der Waals surface area contributed by atoms with Gasteiger partial charge in [0.25, 0.3) is 11.3 Å². The molecule has 108 valence electrons. The van der Waals surface area contributed by atoms with Crippen LogP contribution in [0.5, 0.6) is 0 Å². The summed E-state index contributed by atoms with van der Waals surface area (Å²) in [5, 5.41) is 8.81. The van der Waals surface area contributed by atoms with Gasteiger partial charge in [0.2, 0.25) is 0 Å². The average molecular weight is 305 g/mol. The number of rotatable bonds is 3. The fraction of sp³-hybridized carbons (Fsp3) is 0.167. The highest BCUT2D eigenvalue weighted by Crippen LogP contribution is 2.20. The van der Waals surface area contributed by atoms with Crippen molar-refractivity contribution in [1.82, 2.24) is 19.3 Å². The first-order chi connectivity index (χ1) is 10.1. The van der Waals surface area contributed by atoms with Crippen molar-refractivity contribution in [3.8, 4) is 0 Å². The molecule has 8 nitrogen and oxygen atoms in total. The molecule has 0 unspecified atom stereocenters. The summed E-state index contributed by atoms with van der Waals surface area (Å²) in [6.45, 7) is 0. The second-order valence-electron chi connectivity index (χ2n) is 4.18. The van der Waals surface area contributed by atoms with E-state index in [4.69, 9.17) is 5.84 Å². The topological polar surface area (TPSA) is 105 Å². The highest BCUT2D eigenvalue weighted by atomic mass is 32.2. The van der Waals surface area contributed by atoms with Gasteiger partial charge in [0.1, 0.15) is 0 Å². The van der Waals surface area contributed by atoms with Crippen LogP contribution in [-0.2, 0) is 9.53 Å². The lowest BCUT2D eigenvalue weighted by Crippen LogP contribution is -2.29. The summed E-state index contributed by atoms with van der Waals surface area (Å²) >= 11 is 1.16. The van der Waals surface area contributed by atoms with Gasteiger partial charge in [-0.05, 0) is 12.1 Å². The molecule has 0 spiro atoms. The first-order valence-electron chi connectivity index (χ1n) is 5.97. The molecule has 0 radical (unpaired) electrons. The summed E-state index contributed by atoms with van der Waals surface area (Å²) in [4.78, 5) is 23.4. The van der Waals surface area contributed by atoms with E-state index in [1.165, 1.54) is 7.11 Å². The Morgan fingerprint density at radius 3 is 2.90 bits per heavy atom. The SMILES string of the molecule is COC(=O)CSc1nnc2n(N)c(=O)c3ccccc3n12. The number of methoxy groups -OCH3 is 1. The van der Waals surface area contributed by atoms with Crippen molar-refractivity contribution in [2.24, 2.45) is 0 Å². The van der Waals surface area contributed by atoms with Crippen molar-refractivity contribution in [3.05, 3.63) is 34.6 Å². The number of ether oxygens (including phenoxy) is 1. The third-order valence-corrected chi connectivity index (χ3v) is 3.88. The summed E-state index contributed by atoms with van der Waals surface area (Å²) in [6.07, 6.45) is 0. The monoisotopic (exact) mass is 305 g/mol. The van der Waals surface area contributed by atoms with E-state index in [2.05, 4.69) is 14.9 Å². The second-order valence-corrected chi connectivity index (χ2v) is 5.12. The van der Waals surface area contributed by atoms with Crippen LogP contribution < -0.4 is 11.4 Å². The lowest BCUT2D eigenvalue weighted by molar-refractivity contribution is -0.137. The molecule has 0 saturated carbocycles. The summed E-state index contributed by atoms with van der Waals surface area (Å²) in [7, 11) is 1.32. The molecule has 2 heterocycles. The molecule has 2 N–H and O–H groups in total. The number of esters is 1. The van der Waals surface area contributed by atoms with Crippen LogP contribution >= 0.6 is 11.8 Å². The minimum Gasteiger partial charge on any atom is -0.468 e. The van der Waals surface area contributed by atoms with E-state index in [0.717, 1.165) is 16.4 Å². The van der Waals surface area contributed by atoms with Crippen LogP contribution in [0.15, 0.2) is 34.2 Å². The van der Waals surface area contributed by atoms with E-state index < -0.39 is 0 Å². The van der Waals surface area contributed by atoms with E-state index in [1.807, 2.05) is 0 Å². The van der Waals surface area contributed by atoms with E-state index >= 15 is 0 Å². The fourth-order valence-electron chi connectivity index (χ4n) is 1.98. The third-order valence-electron chi connectivity index (χ3n) is 2.97. The Morgan fingerprint density at radius 2 is 2.14 bits per heavy atom. The van der Waals surface area contributed by atoms with E-state index in [-0.39, 0.29) is 23.1 Å². The summed E-state index contributed by atoms with van der Waals surface area (Å²) in [5.41, 5.74) is 0.284. The first kappa shape index (κ1) is 13.4. The second kappa shape index (κ2) is 5.09. The number of hydrogen-bond acceptors (Lipinski definition) is 7. The van der Waals surface area contributed by atoms with Gasteiger partial charge in [0, 0.05) is 0 Å². The lowest BCUT2D eigenvalue weighted by atomic mass is 10.2. The molecular formula is C12H11N5O3S. The molecule has 0 amide bonds. The summed E-state index contributed by atoms with van der Waals surface area (Å²) < 4.78 is 7.18. The van der Waals surface area contributed by atoms with Gasteiger partial charge in [-0.15, -0.1) is 10.2 Å². The minimum absolute atomic E-state index is 0.0926. The summed E-state index contributed by atoms with van der Waals surface area (Å²) in [5.74, 6) is 5.69. The Balaban J connectivity index is 2.24. The van der Waals surface area contributed by atoms with Crippen molar-refractivity contribution >= 4 is 34.4 Å². The number of para-hydroxylation sites is 1. The van der Waals surface area contributed by atoms with Crippen LogP contribution in [0, 0.1) is 0 Å². The predicted octanol–water partition coefficient (Wildman–Crippen LogP) is 0.0231. The molecule has 1 aromatic carbocycles. The van der Waals surface area contributed by atoms with Crippen LogP contribution in [0.1, 0.15) is 0 Å². The highest BCUT2D eigenvalue weighted by molar-refractivity contribution is 7.99. The molecule has 2 aromatic heterocycles. The van der Waals surface area contributed by atoms with Crippen LogP contribution in [-0.4, -0.2) is 38.1 Å². The molecule has 0 atom stereocenters. The number of carbonyl (C=O) groups excluding carboxylic acids is 1. The number of fused-ring (bicyclic) bond motifs is 3. The zero-order chi connectivity index (χ0) is 15.0. The van der Waals surface area contributed by atoms with Crippen LogP contribution in [0.3, 0.4) is 0 Å². The van der Waals surface area contributed by atoms with Crippen molar-refractivity contribution in [2.45, 2.75) is 5.16 Å². The van der Waals surface area contributed by atoms with E-state index in [0.29, 0.717) is 16.1 Å². The molecule has 0 fully saturated rings. The van der Waals surface area contributed by atoms with Gasteiger partial charge in [-0.1, -0.05) is 23.9 Å². The number of aromatic nitrogens is 4. The molecule has 3 aromatic rings. The number of hydrogen-bond donors (Lipinski definition) is 1. The van der Waals surface area contributed by atoms with Gasteiger partial charge in [-0.25, -0.2) is 0 Å². The molecule has 21 heavy (non-hydrogen) atoms. The standard InChI is InChI=1S/C12H11N5O3S/c1-20-9(18)6-21-12-15-14-11-16(12)8-5-3-2-4-7(8)10(19)17(11)13/h2-5H,6,13H2,1H3. The maximum Gasteiger partial charge on any atom is 0.316 e. The summed E-state index contributed by atoms with van der Waals surface area (Å²) in [6, 6.07) is 7.00. The molecule has 9 heteroatoms. The smallest absolute Gasteiger partial charge is 0.316 e. The van der Waals surface area contributed by atoms with E-state index in [9.17, 15) is 9.59 Å². The number of nitrogens with zero attached hydrogens (tertiary/aromatic N) is 4. The maximum atomic E-state index is 12.1. The van der Waals surface area contributed by atoms with Gasteiger partial charge in [-0.2, -0.15) is 4.68 Å². The normalized spacial score (nSPS) is 11.1. The van der Waals surface area contributed by atoms with Crippen molar-refractivity contribution < 1.29 is 9.53 Å². The van der Waals surface area contributed by atoms with Crippen molar-refractivity contribution in [2.75, 3.05) is 18.7 Å². The van der Waals surface area contributed by atoms with Crippen LogP contribution in [0.25, 0.3) is 16.7 Å². The number of carbonyl (C=O) groups is 1. The molecule has 0 aliphatic rings. The quantitative estimate of drug-likeness (QED) is 0.413. The molecular weight excluding hydrogens is 294 g/mol.